The number of nitro benzene ring substituents is 1. The van der Waals surface area contributed by atoms with E-state index >= 15 is 0 Å². The van der Waals surface area contributed by atoms with Crippen LogP contribution in [0.25, 0.3) is 0 Å². The van der Waals surface area contributed by atoms with Crippen LogP contribution in [0.2, 0.25) is 5.02 Å². The number of hydrogen-bond donors (Lipinski definition) is 1. The predicted molar refractivity (Wildman–Crippen MR) is 63.8 cm³/mol. The highest BCUT2D eigenvalue weighted by Crippen LogP contribution is 2.34. The molecule has 1 N–H and O–H groups in total. The van der Waals surface area contributed by atoms with E-state index in [-0.39, 0.29) is 26.7 Å². The van der Waals surface area contributed by atoms with Crippen LogP contribution in [-0.4, -0.2) is 13.3 Å². The summed E-state index contributed by atoms with van der Waals surface area (Å²) in [6.07, 6.45) is 0. The number of benzene rings is 1. The normalized spacial score (nSPS) is 11.5. The Morgan fingerprint density at radius 2 is 1.94 bits per heavy atom. The van der Waals surface area contributed by atoms with Gasteiger partial charge in [-0.3, -0.25) is 10.1 Å². The van der Waals surface area contributed by atoms with Gasteiger partial charge in [-0.1, -0.05) is 11.6 Å². The Labute approximate surface area is 108 Å². The molecular formula is C8H8Cl2N2O4S. The van der Waals surface area contributed by atoms with Gasteiger partial charge in [-0.25, -0.2) is 8.42 Å². The highest BCUT2D eigenvalue weighted by molar-refractivity contribution is 7.90. The van der Waals surface area contributed by atoms with Crippen LogP contribution < -0.4 is 4.24 Å². The lowest BCUT2D eigenvalue weighted by Gasteiger charge is -2.10. The largest absolute Gasteiger partial charge is 0.274 e. The van der Waals surface area contributed by atoms with Gasteiger partial charge in [0, 0.05) is 11.6 Å². The van der Waals surface area contributed by atoms with Gasteiger partial charge in [-0.05, 0) is 31.2 Å². The van der Waals surface area contributed by atoms with E-state index in [0.29, 0.717) is 0 Å². The zero-order valence-corrected chi connectivity index (χ0v) is 11.2. The van der Waals surface area contributed by atoms with E-state index in [1.54, 1.807) is 4.24 Å². The molecule has 1 rings (SSSR count). The van der Waals surface area contributed by atoms with E-state index in [9.17, 15) is 18.5 Å². The third kappa shape index (κ3) is 2.52. The van der Waals surface area contributed by atoms with Crippen LogP contribution in [0, 0.1) is 24.0 Å². The molecule has 0 unspecified atom stereocenters. The SMILES string of the molecule is Cc1cc([N+](=O)[O-])c(C)c(Cl)c1S(=O)(=O)NCl. The van der Waals surface area contributed by atoms with Crippen molar-refractivity contribution in [3.8, 4) is 0 Å². The maximum absolute atomic E-state index is 11.6. The standard InChI is InChI=1S/C8H8Cl2N2O4S/c1-4-3-6(12(13)14)5(2)7(9)8(4)17(15,16)11-10/h3,11H,1-2H3. The number of nitro groups is 1. The summed E-state index contributed by atoms with van der Waals surface area (Å²) in [7, 11) is -3.96. The molecule has 0 fully saturated rings. The van der Waals surface area contributed by atoms with Gasteiger partial charge in [0.15, 0.2) is 0 Å². The van der Waals surface area contributed by atoms with E-state index in [1.807, 2.05) is 0 Å². The molecule has 0 saturated heterocycles. The molecule has 0 atom stereocenters. The second-order valence-electron chi connectivity index (χ2n) is 3.32. The molecule has 0 spiro atoms. The number of sulfonamides is 1. The predicted octanol–water partition coefficient (Wildman–Crippen LogP) is 2.30. The summed E-state index contributed by atoms with van der Waals surface area (Å²) in [5.41, 5.74) is -0.00534. The molecule has 0 heterocycles. The summed E-state index contributed by atoms with van der Waals surface area (Å²) in [5.74, 6) is 0. The van der Waals surface area contributed by atoms with E-state index in [1.165, 1.54) is 13.8 Å². The highest BCUT2D eigenvalue weighted by Gasteiger charge is 2.26. The summed E-state index contributed by atoms with van der Waals surface area (Å²) in [6.45, 7) is 2.77. The van der Waals surface area contributed by atoms with Crippen LogP contribution in [0.3, 0.4) is 0 Å². The van der Waals surface area contributed by atoms with Crippen molar-refractivity contribution in [2.75, 3.05) is 0 Å². The molecule has 0 aliphatic rings. The molecule has 0 aliphatic carbocycles. The number of nitrogens with zero attached hydrogens (tertiary/aromatic N) is 1. The number of rotatable bonds is 3. The molecule has 0 amide bonds. The van der Waals surface area contributed by atoms with Crippen LogP contribution in [0.15, 0.2) is 11.0 Å². The average Bonchev–Trinajstić information content (AvgIpc) is 2.22. The van der Waals surface area contributed by atoms with Crippen molar-refractivity contribution >= 4 is 39.1 Å². The van der Waals surface area contributed by atoms with E-state index < -0.39 is 14.9 Å². The van der Waals surface area contributed by atoms with Crippen molar-refractivity contribution in [1.82, 2.24) is 4.24 Å². The van der Waals surface area contributed by atoms with Crippen molar-refractivity contribution in [1.29, 1.82) is 0 Å². The third-order valence-electron chi connectivity index (χ3n) is 2.19. The molecule has 9 heteroatoms. The highest BCUT2D eigenvalue weighted by atomic mass is 35.5. The lowest BCUT2D eigenvalue weighted by Crippen LogP contribution is -2.16. The summed E-state index contributed by atoms with van der Waals surface area (Å²) in [6, 6.07) is 1.14. The summed E-state index contributed by atoms with van der Waals surface area (Å²) in [4.78, 5) is 9.83. The maximum Gasteiger partial charge on any atom is 0.274 e. The van der Waals surface area contributed by atoms with Crippen LogP contribution in [0.1, 0.15) is 11.1 Å². The topological polar surface area (TPSA) is 89.3 Å². The second-order valence-corrected chi connectivity index (χ2v) is 5.73. The fourth-order valence-corrected chi connectivity index (χ4v) is 3.12. The van der Waals surface area contributed by atoms with Gasteiger partial charge in [0.2, 0.25) is 0 Å². The number of aryl methyl sites for hydroxylation is 1. The van der Waals surface area contributed by atoms with Crippen LogP contribution in [-0.2, 0) is 10.0 Å². The van der Waals surface area contributed by atoms with E-state index in [0.717, 1.165) is 6.07 Å². The minimum Gasteiger partial charge on any atom is -0.258 e. The molecule has 0 saturated carbocycles. The minimum absolute atomic E-state index is 0.0766. The smallest absolute Gasteiger partial charge is 0.258 e. The van der Waals surface area contributed by atoms with Crippen LogP contribution in [0.5, 0.6) is 0 Å². The maximum atomic E-state index is 11.6. The first-order valence-corrected chi connectivity index (χ1v) is 6.52. The first kappa shape index (κ1) is 14.2. The van der Waals surface area contributed by atoms with Crippen molar-refractivity contribution in [3.63, 3.8) is 0 Å². The van der Waals surface area contributed by atoms with Crippen molar-refractivity contribution in [2.45, 2.75) is 18.7 Å². The molecule has 0 aliphatic heterocycles. The van der Waals surface area contributed by atoms with Gasteiger partial charge in [-0.15, -0.1) is 4.24 Å². The Bertz CT molecular complexity index is 586. The van der Waals surface area contributed by atoms with Gasteiger partial charge in [-0.2, -0.15) is 0 Å². The van der Waals surface area contributed by atoms with Crippen molar-refractivity contribution in [2.24, 2.45) is 0 Å². The van der Waals surface area contributed by atoms with Crippen molar-refractivity contribution < 1.29 is 13.3 Å². The molecule has 1 aromatic carbocycles. The first-order chi connectivity index (χ1) is 7.72. The Morgan fingerprint density at radius 3 is 2.35 bits per heavy atom. The average molecular weight is 299 g/mol. The molecule has 94 valence electrons. The fraction of sp³-hybridized carbons (Fsp3) is 0.250. The lowest BCUT2D eigenvalue weighted by molar-refractivity contribution is -0.385. The van der Waals surface area contributed by atoms with Crippen molar-refractivity contribution in [3.05, 3.63) is 32.3 Å². The van der Waals surface area contributed by atoms with E-state index in [4.69, 9.17) is 23.4 Å². The number of halogens is 2. The quantitative estimate of drug-likeness (QED) is 0.527. The zero-order chi connectivity index (χ0) is 13.4. The molecule has 1 aromatic rings. The monoisotopic (exact) mass is 298 g/mol. The van der Waals surface area contributed by atoms with Gasteiger partial charge in [0.25, 0.3) is 15.7 Å². The van der Waals surface area contributed by atoms with E-state index in [2.05, 4.69) is 0 Å². The van der Waals surface area contributed by atoms with Crippen LogP contribution in [0.4, 0.5) is 5.69 Å². The minimum atomic E-state index is -3.96. The Balaban J connectivity index is 3.69. The number of hydrogen-bond acceptors (Lipinski definition) is 4. The molecule has 0 bridgehead atoms. The second kappa shape index (κ2) is 4.77. The van der Waals surface area contributed by atoms with Crippen LogP contribution >= 0.6 is 23.4 Å². The zero-order valence-electron chi connectivity index (χ0n) is 8.82. The summed E-state index contributed by atoms with van der Waals surface area (Å²) >= 11 is 10.9. The molecule has 0 aromatic heterocycles. The third-order valence-corrected chi connectivity index (χ3v) is 4.65. The van der Waals surface area contributed by atoms with Gasteiger partial charge < -0.3 is 0 Å². The Kier molecular flexibility index (Phi) is 3.98. The molecule has 0 radical (unpaired) electrons. The molecule has 17 heavy (non-hydrogen) atoms. The van der Waals surface area contributed by atoms with Gasteiger partial charge in [0.05, 0.1) is 9.95 Å². The fourth-order valence-electron chi connectivity index (χ4n) is 1.39. The Hall–Kier alpha value is -0.890. The molecule has 6 nitrogen and oxygen atoms in total. The lowest BCUT2D eigenvalue weighted by atomic mass is 10.1. The summed E-state index contributed by atoms with van der Waals surface area (Å²) in [5, 5.41) is 10.5. The molecular weight excluding hydrogens is 291 g/mol. The Morgan fingerprint density at radius 1 is 1.41 bits per heavy atom. The van der Waals surface area contributed by atoms with Gasteiger partial charge >= 0.3 is 0 Å². The summed E-state index contributed by atoms with van der Waals surface area (Å²) < 4.78 is 24.8. The first-order valence-electron chi connectivity index (χ1n) is 4.29. The van der Waals surface area contributed by atoms with Gasteiger partial charge in [0.1, 0.15) is 4.90 Å². The number of nitrogens with one attached hydrogen (secondary N) is 1.